The molecule has 1 rings (SSSR count). The monoisotopic (exact) mass is 190 g/mol. The highest BCUT2D eigenvalue weighted by molar-refractivity contribution is 4.68. The molecule has 3 heteroatoms. The maximum atomic E-state index is 7.62. The summed E-state index contributed by atoms with van der Waals surface area (Å²) in [6.07, 6.45) is 7.13. The van der Waals surface area contributed by atoms with Crippen molar-refractivity contribution < 1.29 is 14.9 Å². The Morgan fingerprint density at radius 2 is 1.85 bits per heavy atom. The summed E-state index contributed by atoms with van der Waals surface area (Å²) >= 11 is 0. The Bertz CT molecular complexity index is 90.2. The van der Waals surface area contributed by atoms with Crippen LogP contribution in [0, 0.1) is 0 Å². The van der Waals surface area contributed by atoms with Crippen molar-refractivity contribution >= 4 is 0 Å². The molecule has 0 bridgehead atoms. The first-order chi connectivity index (χ1) is 6.35. The molecule has 1 saturated carbocycles. The van der Waals surface area contributed by atoms with Crippen molar-refractivity contribution in [2.75, 3.05) is 19.8 Å². The van der Waals surface area contributed by atoms with E-state index in [1.54, 1.807) is 0 Å². The number of unbranched alkanes of at least 4 members (excludes halogenated alkanes) is 1. The van der Waals surface area contributed by atoms with E-state index in [4.69, 9.17) is 14.9 Å². The van der Waals surface area contributed by atoms with Gasteiger partial charge in [-0.25, -0.2) is 0 Å². The molecule has 0 radical (unpaired) electrons. The van der Waals surface area contributed by atoms with Crippen molar-refractivity contribution in [3.05, 3.63) is 0 Å². The molecule has 0 heterocycles. The minimum Gasteiger partial charge on any atom is -0.394 e. The van der Waals surface area contributed by atoms with Gasteiger partial charge >= 0.3 is 0 Å². The summed E-state index contributed by atoms with van der Waals surface area (Å²) in [6, 6.07) is 0. The van der Waals surface area contributed by atoms with Crippen LogP contribution in [0.1, 0.15) is 39.0 Å². The molecule has 0 aliphatic heterocycles. The Morgan fingerprint density at radius 1 is 1.23 bits per heavy atom. The molecule has 0 saturated heterocycles. The normalized spacial score (nSPS) is 15.9. The van der Waals surface area contributed by atoms with Crippen molar-refractivity contribution in [1.29, 1.82) is 0 Å². The molecule has 0 unspecified atom stereocenters. The van der Waals surface area contributed by atoms with Crippen LogP contribution in [0.25, 0.3) is 0 Å². The van der Waals surface area contributed by atoms with Gasteiger partial charge in [-0.05, 0) is 25.7 Å². The molecule has 1 fully saturated rings. The van der Waals surface area contributed by atoms with Crippen LogP contribution in [0.3, 0.4) is 0 Å². The summed E-state index contributed by atoms with van der Waals surface area (Å²) < 4.78 is 5.52. The Kier molecular flexibility index (Phi) is 9.87. The lowest BCUT2D eigenvalue weighted by atomic mass is 9.96. The van der Waals surface area contributed by atoms with E-state index in [9.17, 15) is 0 Å². The zero-order chi connectivity index (χ0) is 9.94. The van der Waals surface area contributed by atoms with Crippen LogP contribution in [0.5, 0.6) is 0 Å². The third-order valence-electron chi connectivity index (χ3n) is 2.00. The molecular formula is C10H22O3. The Hall–Kier alpha value is -0.120. The second-order valence-corrected chi connectivity index (χ2v) is 3.22. The molecule has 13 heavy (non-hydrogen) atoms. The number of ether oxygens (including phenoxy) is 1. The summed E-state index contributed by atoms with van der Waals surface area (Å²) in [6.45, 7) is 2.94. The predicted molar refractivity (Wildman–Crippen MR) is 52.7 cm³/mol. The smallest absolute Gasteiger partial charge is 0.0662 e. The lowest BCUT2D eigenvalue weighted by molar-refractivity contribution is 0.00117. The summed E-state index contributed by atoms with van der Waals surface area (Å²) in [5.41, 5.74) is 0. The zero-order valence-electron chi connectivity index (χ0n) is 8.54. The van der Waals surface area contributed by atoms with Crippen LogP contribution in [0.4, 0.5) is 0 Å². The molecule has 0 aromatic carbocycles. The molecule has 0 aromatic rings. The van der Waals surface area contributed by atoms with Crippen molar-refractivity contribution in [1.82, 2.24) is 0 Å². The number of hydrogen-bond donors (Lipinski definition) is 2. The number of hydrogen-bond acceptors (Lipinski definition) is 3. The highest BCUT2D eigenvalue weighted by Crippen LogP contribution is 2.21. The van der Waals surface area contributed by atoms with Crippen LogP contribution >= 0.6 is 0 Å². The lowest BCUT2D eigenvalue weighted by Gasteiger charge is -2.25. The average molecular weight is 190 g/mol. The molecular weight excluding hydrogens is 168 g/mol. The average Bonchev–Trinajstić information content (AvgIpc) is 2.10. The summed E-state index contributed by atoms with van der Waals surface area (Å²) in [7, 11) is 0. The Balaban J connectivity index is 0.000000310. The largest absolute Gasteiger partial charge is 0.394 e. The van der Waals surface area contributed by atoms with Gasteiger partial charge in [0.15, 0.2) is 0 Å². The fraction of sp³-hybridized carbons (Fsp3) is 1.00. The van der Waals surface area contributed by atoms with Crippen LogP contribution in [-0.4, -0.2) is 36.1 Å². The van der Waals surface area contributed by atoms with E-state index in [0.29, 0.717) is 6.10 Å². The highest BCUT2D eigenvalue weighted by atomic mass is 16.5. The number of aliphatic hydroxyl groups is 2. The molecule has 1 aliphatic rings. The van der Waals surface area contributed by atoms with Crippen molar-refractivity contribution in [2.45, 2.75) is 45.1 Å². The minimum absolute atomic E-state index is 0.125. The van der Waals surface area contributed by atoms with Crippen molar-refractivity contribution in [2.24, 2.45) is 0 Å². The zero-order valence-corrected chi connectivity index (χ0v) is 8.54. The maximum Gasteiger partial charge on any atom is 0.0662 e. The van der Waals surface area contributed by atoms with Crippen LogP contribution in [0.15, 0.2) is 0 Å². The molecule has 80 valence electrons. The van der Waals surface area contributed by atoms with E-state index in [1.165, 1.54) is 32.1 Å². The van der Waals surface area contributed by atoms with Gasteiger partial charge in [0, 0.05) is 6.61 Å². The van der Waals surface area contributed by atoms with Crippen molar-refractivity contribution in [3.8, 4) is 0 Å². The molecule has 1 aliphatic carbocycles. The lowest BCUT2D eigenvalue weighted by Crippen LogP contribution is -2.21. The molecule has 0 aromatic heterocycles. The van der Waals surface area contributed by atoms with Gasteiger partial charge in [-0.1, -0.05) is 13.3 Å². The van der Waals surface area contributed by atoms with Gasteiger partial charge in [0.25, 0.3) is 0 Å². The van der Waals surface area contributed by atoms with Crippen LogP contribution in [0.2, 0.25) is 0 Å². The summed E-state index contributed by atoms with van der Waals surface area (Å²) in [5.74, 6) is 0. The second kappa shape index (κ2) is 9.96. The fourth-order valence-electron chi connectivity index (χ4n) is 0.932. The summed E-state index contributed by atoms with van der Waals surface area (Å²) in [4.78, 5) is 0. The van der Waals surface area contributed by atoms with Crippen LogP contribution < -0.4 is 0 Å². The van der Waals surface area contributed by atoms with Gasteiger partial charge < -0.3 is 14.9 Å². The number of aliphatic hydroxyl groups excluding tert-OH is 2. The molecule has 0 spiro atoms. The van der Waals surface area contributed by atoms with Crippen LogP contribution in [-0.2, 0) is 4.74 Å². The first kappa shape index (κ1) is 12.9. The van der Waals surface area contributed by atoms with Gasteiger partial charge in [0.2, 0.25) is 0 Å². The first-order valence-electron chi connectivity index (χ1n) is 5.18. The molecule has 2 N–H and O–H groups in total. The molecule has 3 nitrogen and oxygen atoms in total. The molecule has 0 atom stereocenters. The van der Waals surface area contributed by atoms with Gasteiger partial charge in [-0.15, -0.1) is 0 Å². The van der Waals surface area contributed by atoms with E-state index in [1.807, 2.05) is 0 Å². The predicted octanol–water partition coefficient (Wildman–Crippen LogP) is 1.33. The van der Waals surface area contributed by atoms with Gasteiger partial charge in [-0.3, -0.25) is 0 Å². The van der Waals surface area contributed by atoms with Gasteiger partial charge in [-0.2, -0.15) is 0 Å². The fourth-order valence-corrected chi connectivity index (χ4v) is 0.932. The van der Waals surface area contributed by atoms with E-state index in [-0.39, 0.29) is 13.2 Å². The quantitative estimate of drug-likeness (QED) is 0.643. The van der Waals surface area contributed by atoms with E-state index in [2.05, 4.69) is 6.92 Å². The third-order valence-corrected chi connectivity index (χ3v) is 2.00. The Labute approximate surface area is 80.7 Å². The maximum absolute atomic E-state index is 7.62. The van der Waals surface area contributed by atoms with Gasteiger partial charge in [0.05, 0.1) is 19.3 Å². The van der Waals surface area contributed by atoms with E-state index < -0.39 is 0 Å². The SMILES string of the molecule is CCCCOC1CCC1.OCCO. The van der Waals surface area contributed by atoms with Crippen molar-refractivity contribution in [3.63, 3.8) is 0 Å². The van der Waals surface area contributed by atoms with E-state index >= 15 is 0 Å². The minimum atomic E-state index is -0.125. The second-order valence-electron chi connectivity index (χ2n) is 3.22. The summed E-state index contributed by atoms with van der Waals surface area (Å²) in [5, 5.41) is 15.2. The standard InChI is InChI=1S/C8H16O.C2H6O2/c1-2-3-7-9-8-5-4-6-8;3-1-2-4/h8H,2-7H2,1H3;3-4H,1-2H2. The molecule has 0 amide bonds. The third kappa shape index (κ3) is 8.22. The van der Waals surface area contributed by atoms with Gasteiger partial charge in [0.1, 0.15) is 0 Å². The van der Waals surface area contributed by atoms with E-state index in [0.717, 1.165) is 6.61 Å². The topological polar surface area (TPSA) is 49.7 Å². The highest BCUT2D eigenvalue weighted by Gasteiger charge is 2.16. The number of rotatable bonds is 5. The first-order valence-corrected chi connectivity index (χ1v) is 5.18. The Morgan fingerprint density at radius 3 is 2.15 bits per heavy atom.